The Morgan fingerprint density at radius 3 is 1.26 bits per heavy atom. The highest BCUT2D eigenvalue weighted by Crippen LogP contribution is 2.41. The van der Waals surface area contributed by atoms with Crippen LogP contribution in [-0.4, -0.2) is 135 Å². The highest BCUT2D eigenvalue weighted by atomic mass is 79.9. The number of allylic oxidation sites excluding steroid dienone is 2. The smallest absolute Gasteiger partial charge is 0.343 e. The highest BCUT2D eigenvalue weighted by molar-refractivity contribution is 9.10. The van der Waals surface area contributed by atoms with E-state index in [1.165, 1.54) is 56.5 Å². The van der Waals surface area contributed by atoms with Crippen LogP contribution >= 0.6 is 31.9 Å². The summed E-state index contributed by atoms with van der Waals surface area (Å²) in [5.41, 5.74) is 12.7. The van der Waals surface area contributed by atoms with Crippen LogP contribution in [-0.2, 0) is 28.5 Å². The number of H-pyrrole nitrogens is 4. The summed E-state index contributed by atoms with van der Waals surface area (Å²) in [6.07, 6.45) is 7.61. The number of nitrogens with zero attached hydrogens (tertiary/aromatic N) is 7. The number of fused-ring (bicyclic) bond motifs is 3. The van der Waals surface area contributed by atoms with Gasteiger partial charge in [0.1, 0.15) is 34.5 Å². The van der Waals surface area contributed by atoms with Gasteiger partial charge in [-0.05, 0) is 101 Å². The Labute approximate surface area is 617 Å². The molecule has 26 nitrogen and oxygen atoms in total. The van der Waals surface area contributed by atoms with Crippen LogP contribution in [0.2, 0.25) is 0 Å². The molecule has 2 aliphatic carbocycles. The molecule has 7 heterocycles. The number of carbonyl (C=O) groups excluding carboxylic acids is 6. The summed E-state index contributed by atoms with van der Waals surface area (Å²) in [5, 5.41) is 14.1. The first-order valence-electron chi connectivity index (χ1n) is 33.4. The summed E-state index contributed by atoms with van der Waals surface area (Å²) in [4.78, 5) is 120. The van der Waals surface area contributed by atoms with Gasteiger partial charge in [-0.2, -0.15) is 5.10 Å². The molecule has 0 bridgehead atoms. The van der Waals surface area contributed by atoms with E-state index in [1.807, 2.05) is 60.7 Å². The number of esters is 5. The molecule has 13 rings (SSSR count). The van der Waals surface area contributed by atoms with E-state index < -0.39 is 41.7 Å². The van der Waals surface area contributed by atoms with Gasteiger partial charge in [-0.15, -0.1) is 0 Å². The molecule has 0 amide bonds. The Balaban J connectivity index is 0.000000159. The molecule has 7 aromatic heterocycles. The number of benzene rings is 4. The molecule has 0 radical (unpaired) electrons. The first-order chi connectivity index (χ1) is 50.7. The SMILES string of the molecule is CCOC(=O)CC(=O)c1ccc(Br)cc1.CCOC(=O)c1c[nH]n2c(=O)cc(-c3ccc(Br)cc3)nc12.CCOC(=O)c1c[nH]n2c(=O)cc(-c3ccc(C4=CCC(F)(F)CC4)cc3)nc12.CCOC(=O)c1c[nH]n2c(=O)cc(-c3ccc(C4CCC(F)(F)CC4)cc3)nc12.CCOC(=O)c1cn[nH]c1N. The van der Waals surface area contributed by atoms with Gasteiger partial charge in [0, 0.05) is 93.7 Å². The molecule has 1 saturated carbocycles. The van der Waals surface area contributed by atoms with E-state index in [0.717, 1.165) is 31.2 Å². The second-order valence-corrected chi connectivity index (χ2v) is 25.4. The molecule has 1 fully saturated rings. The number of anilines is 1. The maximum absolute atomic E-state index is 13.4. The largest absolute Gasteiger partial charge is 0.466 e. The maximum atomic E-state index is 13.4. The predicted molar refractivity (Wildman–Crippen MR) is 391 cm³/mol. The van der Waals surface area contributed by atoms with Gasteiger partial charge < -0.3 is 29.4 Å². The van der Waals surface area contributed by atoms with Gasteiger partial charge in [-0.3, -0.25) is 44.4 Å². The van der Waals surface area contributed by atoms with Gasteiger partial charge in [0.2, 0.25) is 5.92 Å². The number of halogens is 6. The average Bonchev–Trinajstić information content (AvgIpc) is 1.62. The zero-order valence-corrected chi connectivity index (χ0v) is 61.0. The van der Waals surface area contributed by atoms with Crippen LogP contribution in [0.3, 0.4) is 0 Å². The summed E-state index contributed by atoms with van der Waals surface area (Å²) in [7, 11) is 0. The third-order valence-electron chi connectivity index (χ3n) is 16.4. The van der Waals surface area contributed by atoms with Crippen molar-refractivity contribution in [1.29, 1.82) is 0 Å². The summed E-state index contributed by atoms with van der Waals surface area (Å²) in [6.45, 7) is 9.88. The van der Waals surface area contributed by atoms with E-state index in [2.05, 4.69) is 81.8 Å². The van der Waals surface area contributed by atoms with E-state index in [0.29, 0.717) is 66.2 Å². The second-order valence-electron chi connectivity index (χ2n) is 23.6. The van der Waals surface area contributed by atoms with Crippen molar-refractivity contribution in [2.24, 2.45) is 0 Å². The Bertz CT molecular complexity index is 5170. The van der Waals surface area contributed by atoms with Gasteiger partial charge in [0.15, 0.2) is 22.7 Å². The van der Waals surface area contributed by atoms with Crippen molar-refractivity contribution in [2.45, 2.75) is 104 Å². The quantitative estimate of drug-likeness (QED) is 0.0186. The van der Waals surface area contributed by atoms with Crippen molar-refractivity contribution >= 4 is 95.8 Å². The Hall–Kier alpha value is -11.4. The van der Waals surface area contributed by atoms with Gasteiger partial charge in [0.05, 0.1) is 56.3 Å². The topological polar surface area (TPSA) is 354 Å². The number of aromatic nitrogens is 11. The van der Waals surface area contributed by atoms with Crippen LogP contribution < -0.4 is 22.4 Å². The standard InChI is InChI=1S/C21H21F2N3O3.C21H19F2N3O3.C15H12BrN3O3.C11H11BrO3.C6H9N3O2/c2*1-2-29-20(28)16-12-24-26-18(27)11-17(25-19(16)26)15-5-3-13(4-6-15)14-7-9-21(22,23)10-8-14;1-2-22-15(21)11-8-17-19-13(20)7-12(18-14(11)19)9-3-5-10(16)6-4-9;1-2-15-11(14)7-10(13)8-3-5-9(12)6-4-8;1-2-11-6(10)4-3-8-9-5(4)7/h3-6,11-12,14,24H,2,7-10H2,1H3;3-7,11-12,24H,2,8-10H2,1H3;3-8,17H,2H2,1H3;3-6H,2,7H2,1H3;3H,2H2,1H3,(H3,7,8,9). The fraction of sp³-hybridized carbons (Fsp3) is 0.284. The summed E-state index contributed by atoms with van der Waals surface area (Å²) in [5.74, 6) is -7.60. The first kappa shape index (κ1) is 78.7. The lowest BCUT2D eigenvalue weighted by molar-refractivity contribution is -0.142. The number of alkyl halides is 4. The lowest BCUT2D eigenvalue weighted by Crippen LogP contribution is -2.23. The molecule has 4 aromatic carbocycles. The third kappa shape index (κ3) is 20.1. The molecule has 11 aromatic rings. The molecule has 0 aliphatic heterocycles. The Morgan fingerprint density at radius 1 is 0.509 bits per heavy atom. The van der Waals surface area contributed by atoms with Gasteiger partial charge in [0.25, 0.3) is 22.6 Å². The first-order valence-corrected chi connectivity index (χ1v) is 35.0. The molecular formula is C74H72Br2F4N12O14. The van der Waals surface area contributed by atoms with E-state index in [9.17, 15) is 60.7 Å². The lowest BCUT2D eigenvalue weighted by atomic mass is 9.82. The number of nitrogen functional groups attached to an aromatic ring is 1. The number of ether oxygens (including phenoxy) is 5. The van der Waals surface area contributed by atoms with Crippen LogP contribution in [0.1, 0.15) is 155 Å². The summed E-state index contributed by atoms with van der Waals surface area (Å²) >= 11 is 6.63. The minimum Gasteiger partial charge on any atom is -0.466 e. The fourth-order valence-electron chi connectivity index (χ4n) is 11.0. The number of nitrogens with two attached hydrogens (primary N) is 1. The zero-order chi connectivity index (χ0) is 76.4. The van der Waals surface area contributed by atoms with Crippen LogP contribution in [0.15, 0.2) is 169 Å². The lowest BCUT2D eigenvalue weighted by Gasteiger charge is -2.28. The minimum absolute atomic E-state index is 0.0848. The Morgan fingerprint density at radius 2 is 0.887 bits per heavy atom. The normalized spacial score (nSPS) is 13.6. The molecule has 32 heteroatoms. The number of rotatable bonds is 17. The minimum atomic E-state index is -2.63. The molecule has 0 unspecified atom stereocenters. The van der Waals surface area contributed by atoms with Crippen LogP contribution in [0, 0.1) is 0 Å². The van der Waals surface area contributed by atoms with Crippen molar-refractivity contribution in [3.05, 3.63) is 225 Å². The monoisotopic (exact) mass is 1590 g/mol. The number of hydrogen-bond acceptors (Lipinski definition) is 19. The molecule has 0 saturated heterocycles. The average molecular weight is 1590 g/mol. The Kier molecular flexibility index (Phi) is 26.6. The van der Waals surface area contributed by atoms with Crippen LogP contribution in [0.4, 0.5) is 23.4 Å². The zero-order valence-electron chi connectivity index (χ0n) is 57.8. The number of ketones is 1. The molecule has 0 atom stereocenters. The second kappa shape index (κ2) is 35.9. The molecule has 6 N–H and O–H groups in total. The summed E-state index contributed by atoms with van der Waals surface area (Å²) in [6, 6.07) is 33.2. The van der Waals surface area contributed by atoms with Crippen LogP contribution in [0.25, 0.3) is 56.3 Å². The van der Waals surface area contributed by atoms with Crippen LogP contribution in [0.5, 0.6) is 0 Å². The van der Waals surface area contributed by atoms with Crippen molar-refractivity contribution in [1.82, 2.24) is 54.0 Å². The van der Waals surface area contributed by atoms with Crippen molar-refractivity contribution in [3.8, 4) is 33.8 Å². The van der Waals surface area contributed by atoms with Crippen molar-refractivity contribution in [3.63, 3.8) is 0 Å². The predicted octanol–water partition coefficient (Wildman–Crippen LogP) is 13.6. The van der Waals surface area contributed by atoms with Crippen molar-refractivity contribution in [2.75, 3.05) is 38.8 Å². The number of carbonyl (C=O) groups is 6. The van der Waals surface area contributed by atoms with E-state index in [4.69, 9.17) is 19.9 Å². The number of nitrogens with one attached hydrogen (secondary N) is 4. The van der Waals surface area contributed by atoms with Gasteiger partial charge in [-0.25, -0.2) is 65.2 Å². The molecule has 2 aliphatic rings. The highest BCUT2D eigenvalue weighted by Gasteiger charge is 2.36. The van der Waals surface area contributed by atoms with E-state index in [-0.39, 0.29) is 125 Å². The third-order valence-corrected chi connectivity index (χ3v) is 17.5. The molecular weight excluding hydrogens is 1520 g/mol. The fourth-order valence-corrected chi connectivity index (χ4v) is 11.6. The summed E-state index contributed by atoms with van der Waals surface area (Å²) < 4.78 is 83.2. The van der Waals surface area contributed by atoms with E-state index in [1.54, 1.807) is 77.1 Å². The van der Waals surface area contributed by atoms with Crippen molar-refractivity contribution < 1.29 is 70.0 Å². The molecule has 554 valence electrons. The number of aromatic amines is 4. The number of hydrogen-bond donors (Lipinski definition) is 5. The van der Waals surface area contributed by atoms with Gasteiger partial charge >= 0.3 is 29.8 Å². The van der Waals surface area contributed by atoms with Gasteiger partial charge in [-0.1, -0.05) is 111 Å². The number of Topliss-reactive ketones (excluding diaryl/α,β-unsaturated/α-hetero) is 1. The van der Waals surface area contributed by atoms with E-state index >= 15 is 0 Å². The molecule has 0 spiro atoms. The maximum Gasteiger partial charge on any atom is 0.343 e. The molecule has 106 heavy (non-hydrogen) atoms.